The van der Waals surface area contributed by atoms with E-state index in [1.807, 2.05) is 17.7 Å². The Morgan fingerprint density at radius 3 is 3.00 bits per heavy atom. The van der Waals surface area contributed by atoms with Crippen LogP contribution in [0.1, 0.15) is 27.9 Å². The molecule has 0 saturated heterocycles. The molecule has 0 aliphatic heterocycles. The third-order valence-corrected chi connectivity index (χ3v) is 4.46. The van der Waals surface area contributed by atoms with E-state index in [9.17, 15) is 4.79 Å². The molecule has 0 unspecified atom stereocenters. The van der Waals surface area contributed by atoms with Crippen LogP contribution in [0.4, 0.5) is 0 Å². The topological polar surface area (TPSA) is 47.8 Å². The fourth-order valence-electron chi connectivity index (χ4n) is 2.36. The zero-order chi connectivity index (χ0) is 13.2. The molecule has 5 heteroatoms. The number of hydrogen-bond donors (Lipinski definition) is 0. The van der Waals surface area contributed by atoms with E-state index in [-0.39, 0.29) is 5.78 Å². The Balaban J connectivity index is 1.69. The van der Waals surface area contributed by atoms with Crippen LogP contribution in [0.5, 0.6) is 0 Å². The monoisotopic (exact) mass is 273 g/mol. The second-order valence-corrected chi connectivity index (χ2v) is 5.72. The average Bonchev–Trinajstić information content (AvgIpc) is 3.03. The first-order valence-corrected chi connectivity index (χ1v) is 7.34. The normalized spacial score (nSPS) is 13.5. The van der Waals surface area contributed by atoms with Crippen molar-refractivity contribution in [2.24, 2.45) is 7.05 Å². The molecule has 1 heterocycles. The maximum Gasteiger partial charge on any atom is 0.191 e. The lowest BCUT2D eigenvalue weighted by Crippen LogP contribution is -2.04. The minimum absolute atomic E-state index is 0.155. The summed E-state index contributed by atoms with van der Waals surface area (Å²) in [5.74, 6) is 0.563. The van der Waals surface area contributed by atoms with Gasteiger partial charge in [-0.2, -0.15) is 0 Å². The van der Waals surface area contributed by atoms with Gasteiger partial charge in [0.05, 0.1) is 5.75 Å². The van der Waals surface area contributed by atoms with Gasteiger partial charge in [0.15, 0.2) is 10.9 Å². The number of fused-ring (bicyclic) bond motifs is 1. The molecule has 1 aromatic heterocycles. The van der Waals surface area contributed by atoms with Crippen molar-refractivity contribution in [2.75, 3.05) is 5.75 Å². The van der Waals surface area contributed by atoms with Crippen LogP contribution in [-0.4, -0.2) is 26.3 Å². The van der Waals surface area contributed by atoms with E-state index in [4.69, 9.17) is 0 Å². The van der Waals surface area contributed by atoms with Gasteiger partial charge >= 0.3 is 0 Å². The van der Waals surface area contributed by atoms with Crippen LogP contribution in [0.3, 0.4) is 0 Å². The minimum Gasteiger partial charge on any atom is -0.312 e. The lowest BCUT2D eigenvalue weighted by Gasteiger charge is -2.04. The minimum atomic E-state index is 0.155. The molecule has 1 aromatic carbocycles. The van der Waals surface area contributed by atoms with E-state index in [1.165, 1.54) is 29.3 Å². The van der Waals surface area contributed by atoms with Gasteiger partial charge in [0.1, 0.15) is 6.33 Å². The molecule has 1 aliphatic rings. The Labute approximate surface area is 116 Å². The third kappa shape index (κ3) is 2.56. The molecule has 4 nitrogen and oxygen atoms in total. The summed E-state index contributed by atoms with van der Waals surface area (Å²) >= 11 is 1.43. The number of aromatic nitrogens is 3. The van der Waals surface area contributed by atoms with E-state index in [0.717, 1.165) is 23.6 Å². The van der Waals surface area contributed by atoms with Gasteiger partial charge in [0.2, 0.25) is 0 Å². The zero-order valence-corrected chi connectivity index (χ0v) is 11.6. The van der Waals surface area contributed by atoms with Crippen molar-refractivity contribution in [1.29, 1.82) is 0 Å². The molecule has 19 heavy (non-hydrogen) atoms. The molecule has 0 spiro atoms. The predicted octanol–water partition coefficient (Wildman–Crippen LogP) is 2.28. The largest absolute Gasteiger partial charge is 0.312 e. The summed E-state index contributed by atoms with van der Waals surface area (Å²) in [4.78, 5) is 12.2. The SMILES string of the molecule is Cn1cnnc1SCC(=O)c1ccc2c(c1)CCC2. The average molecular weight is 273 g/mol. The van der Waals surface area contributed by atoms with Crippen LogP contribution in [0.25, 0.3) is 0 Å². The van der Waals surface area contributed by atoms with Crippen LogP contribution in [0.15, 0.2) is 29.7 Å². The van der Waals surface area contributed by atoms with Crippen molar-refractivity contribution < 1.29 is 4.79 Å². The predicted molar refractivity (Wildman–Crippen MR) is 74.5 cm³/mol. The molecular weight excluding hydrogens is 258 g/mol. The Bertz CT molecular complexity index is 621. The van der Waals surface area contributed by atoms with Crippen LogP contribution >= 0.6 is 11.8 Å². The van der Waals surface area contributed by atoms with Crippen LogP contribution in [0, 0.1) is 0 Å². The van der Waals surface area contributed by atoms with Crippen LogP contribution in [0.2, 0.25) is 0 Å². The van der Waals surface area contributed by atoms with E-state index in [1.54, 1.807) is 6.33 Å². The van der Waals surface area contributed by atoms with Crippen LogP contribution in [-0.2, 0) is 19.9 Å². The smallest absolute Gasteiger partial charge is 0.191 e. The summed E-state index contributed by atoms with van der Waals surface area (Å²) in [5, 5.41) is 8.54. The van der Waals surface area contributed by atoms with Crippen molar-refractivity contribution >= 4 is 17.5 Å². The lowest BCUT2D eigenvalue weighted by atomic mass is 10.0. The Hall–Kier alpha value is -1.62. The Kier molecular flexibility index (Phi) is 3.38. The van der Waals surface area contributed by atoms with Gasteiger partial charge < -0.3 is 4.57 Å². The fraction of sp³-hybridized carbons (Fsp3) is 0.357. The number of hydrogen-bond acceptors (Lipinski definition) is 4. The first-order valence-electron chi connectivity index (χ1n) is 6.36. The molecular formula is C14H15N3OS. The molecule has 3 rings (SSSR count). The maximum absolute atomic E-state index is 12.2. The standard InChI is InChI=1S/C14H15N3OS/c1-17-9-15-16-14(17)19-8-13(18)12-6-5-10-3-2-4-11(10)7-12/h5-7,9H,2-4,8H2,1H3. The number of thioether (sulfide) groups is 1. The number of Topliss-reactive ketones (excluding diaryl/α,β-unsaturated/α-hetero) is 1. The summed E-state index contributed by atoms with van der Waals surface area (Å²) < 4.78 is 1.82. The number of aryl methyl sites for hydroxylation is 3. The van der Waals surface area contributed by atoms with Gasteiger partial charge in [0, 0.05) is 12.6 Å². The summed E-state index contributed by atoms with van der Waals surface area (Å²) in [6.45, 7) is 0. The number of rotatable bonds is 4. The molecule has 0 radical (unpaired) electrons. The van der Waals surface area contributed by atoms with E-state index >= 15 is 0 Å². The highest BCUT2D eigenvalue weighted by molar-refractivity contribution is 7.99. The van der Waals surface area contributed by atoms with E-state index in [0.29, 0.717) is 5.75 Å². The summed E-state index contributed by atoms with van der Waals surface area (Å²) in [5.41, 5.74) is 3.56. The lowest BCUT2D eigenvalue weighted by molar-refractivity contribution is 0.102. The van der Waals surface area contributed by atoms with Crippen molar-refractivity contribution in [1.82, 2.24) is 14.8 Å². The van der Waals surface area contributed by atoms with Gasteiger partial charge in [0.25, 0.3) is 0 Å². The second kappa shape index (κ2) is 5.17. The highest BCUT2D eigenvalue weighted by Gasteiger charge is 2.14. The molecule has 0 saturated carbocycles. The van der Waals surface area contributed by atoms with E-state index < -0.39 is 0 Å². The number of carbonyl (C=O) groups excluding carboxylic acids is 1. The number of ketones is 1. The number of carbonyl (C=O) groups is 1. The molecule has 0 fully saturated rings. The number of nitrogens with zero attached hydrogens (tertiary/aromatic N) is 3. The molecule has 0 atom stereocenters. The van der Waals surface area contributed by atoms with Gasteiger partial charge in [-0.25, -0.2) is 0 Å². The first kappa shape index (κ1) is 12.4. The molecule has 1 aliphatic carbocycles. The Morgan fingerprint density at radius 1 is 1.37 bits per heavy atom. The third-order valence-electron chi connectivity index (χ3n) is 3.42. The summed E-state index contributed by atoms with van der Waals surface area (Å²) in [7, 11) is 1.88. The van der Waals surface area contributed by atoms with Gasteiger partial charge in [-0.15, -0.1) is 10.2 Å². The zero-order valence-electron chi connectivity index (χ0n) is 10.8. The van der Waals surface area contributed by atoms with Crippen molar-refractivity contribution in [3.05, 3.63) is 41.2 Å². The molecule has 0 bridgehead atoms. The summed E-state index contributed by atoms with van der Waals surface area (Å²) in [6, 6.07) is 6.11. The van der Waals surface area contributed by atoms with Gasteiger partial charge in [-0.3, -0.25) is 4.79 Å². The Morgan fingerprint density at radius 2 is 2.21 bits per heavy atom. The van der Waals surface area contributed by atoms with Crippen LogP contribution < -0.4 is 0 Å². The molecule has 2 aromatic rings. The quantitative estimate of drug-likeness (QED) is 0.633. The second-order valence-electron chi connectivity index (χ2n) is 4.77. The molecule has 0 amide bonds. The van der Waals surface area contributed by atoms with Gasteiger partial charge in [-0.1, -0.05) is 23.9 Å². The highest BCUT2D eigenvalue weighted by Crippen LogP contribution is 2.24. The molecule has 0 N–H and O–H groups in total. The highest BCUT2D eigenvalue weighted by atomic mass is 32.2. The van der Waals surface area contributed by atoms with Crippen molar-refractivity contribution in [3.63, 3.8) is 0 Å². The van der Waals surface area contributed by atoms with Crippen molar-refractivity contribution in [3.8, 4) is 0 Å². The van der Waals surface area contributed by atoms with Gasteiger partial charge in [-0.05, 0) is 36.5 Å². The first-order chi connectivity index (χ1) is 9.24. The number of benzene rings is 1. The summed E-state index contributed by atoms with van der Waals surface area (Å²) in [6.07, 6.45) is 5.10. The van der Waals surface area contributed by atoms with E-state index in [2.05, 4.69) is 22.3 Å². The van der Waals surface area contributed by atoms with Crippen molar-refractivity contribution in [2.45, 2.75) is 24.4 Å². The maximum atomic E-state index is 12.2. The fourth-order valence-corrected chi connectivity index (χ4v) is 3.14. The molecule has 98 valence electrons.